The highest BCUT2D eigenvalue weighted by molar-refractivity contribution is 5.94. The molecule has 0 saturated carbocycles. The summed E-state index contributed by atoms with van der Waals surface area (Å²) < 4.78 is 1.67. The Hall–Kier alpha value is -3.03. The van der Waals surface area contributed by atoms with Gasteiger partial charge in [0.05, 0.1) is 12.3 Å². The Bertz CT molecular complexity index is 936. The number of hydrogen-bond acceptors (Lipinski definition) is 5. The lowest BCUT2D eigenvalue weighted by molar-refractivity contribution is 0.0591. The summed E-state index contributed by atoms with van der Waals surface area (Å²) in [7, 11) is 0. The van der Waals surface area contributed by atoms with Crippen molar-refractivity contribution in [3.8, 4) is 5.69 Å². The van der Waals surface area contributed by atoms with Crippen molar-refractivity contribution in [2.75, 3.05) is 32.8 Å². The van der Waals surface area contributed by atoms with Crippen molar-refractivity contribution >= 4 is 5.91 Å². The van der Waals surface area contributed by atoms with Crippen molar-refractivity contribution in [1.29, 1.82) is 0 Å². The number of nitrogens with zero attached hydrogens (tertiary/aromatic N) is 5. The molecule has 1 saturated heterocycles. The molecular weight excluding hydrogens is 390 g/mol. The standard InChI is InChI=1S/C24H29N5O2/c30-17-16-27(13-10-20-4-2-1-3-5-20)22-11-14-28(15-12-22)24(31)21-6-8-23(9-7-21)29-19-25-18-26-29/h1-9,18-19,22,30H,10-17H2. The molecule has 162 valence electrons. The van der Waals surface area contributed by atoms with Crippen LogP contribution in [0.15, 0.2) is 67.3 Å². The number of likely N-dealkylation sites (tertiary alicyclic amines) is 1. The molecule has 7 heteroatoms. The number of carbonyl (C=O) groups is 1. The van der Waals surface area contributed by atoms with Gasteiger partial charge in [-0.3, -0.25) is 9.69 Å². The second-order valence-electron chi connectivity index (χ2n) is 7.91. The minimum atomic E-state index is 0.0709. The van der Waals surface area contributed by atoms with Crippen LogP contribution in [0.1, 0.15) is 28.8 Å². The molecule has 4 rings (SSSR count). The van der Waals surface area contributed by atoms with Gasteiger partial charge in [-0.2, -0.15) is 5.10 Å². The first-order chi connectivity index (χ1) is 15.2. The molecule has 1 aliphatic heterocycles. The molecule has 3 aromatic rings. The van der Waals surface area contributed by atoms with Crippen molar-refractivity contribution < 1.29 is 9.90 Å². The fourth-order valence-corrected chi connectivity index (χ4v) is 4.24. The summed E-state index contributed by atoms with van der Waals surface area (Å²) in [5, 5.41) is 13.6. The summed E-state index contributed by atoms with van der Waals surface area (Å²) in [6.45, 7) is 3.23. The molecule has 0 bridgehead atoms. The molecule has 1 N–H and O–H groups in total. The lowest BCUT2D eigenvalue weighted by atomic mass is 10.0. The van der Waals surface area contributed by atoms with Crippen LogP contribution in [0.4, 0.5) is 0 Å². The van der Waals surface area contributed by atoms with Crippen LogP contribution in [-0.2, 0) is 6.42 Å². The number of hydrogen-bond donors (Lipinski definition) is 1. The number of carbonyl (C=O) groups excluding carboxylic acids is 1. The predicted molar refractivity (Wildman–Crippen MR) is 119 cm³/mol. The average Bonchev–Trinajstić information content (AvgIpc) is 3.37. The molecule has 0 aliphatic carbocycles. The minimum Gasteiger partial charge on any atom is -0.395 e. The van der Waals surface area contributed by atoms with Crippen molar-refractivity contribution in [3.05, 3.63) is 78.4 Å². The van der Waals surface area contributed by atoms with Crippen LogP contribution in [0.2, 0.25) is 0 Å². The Morgan fingerprint density at radius 1 is 1.03 bits per heavy atom. The highest BCUT2D eigenvalue weighted by Gasteiger charge is 2.27. The lowest BCUT2D eigenvalue weighted by Crippen LogP contribution is -2.48. The normalized spacial score (nSPS) is 14.8. The average molecular weight is 420 g/mol. The van der Waals surface area contributed by atoms with E-state index in [1.807, 2.05) is 35.2 Å². The van der Waals surface area contributed by atoms with E-state index in [9.17, 15) is 9.90 Å². The summed E-state index contributed by atoms with van der Waals surface area (Å²) in [5.74, 6) is 0.0709. The quantitative estimate of drug-likeness (QED) is 0.607. The maximum absolute atomic E-state index is 12.9. The molecule has 0 unspecified atom stereocenters. The highest BCUT2D eigenvalue weighted by atomic mass is 16.3. The molecule has 0 atom stereocenters. The number of rotatable bonds is 8. The molecule has 1 fully saturated rings. The van der Waals surface area contributed by atoms with E-state index in [1.165, 1.54) is 11.9 Å². The maximum atomic E-state index is 12.9. The van der Waals surface area contributed by atoms with Gasteiger partial charge < -0.3 is 10.0 Å². The molecule has 1 aromatic heterocycles. The number of piperidine rings is 1. The van der Waals surface area contributed by atoms with Crippen LogP contribution in [-0.4, -0.2) is 74.4 Å². The van der Waals surface area contributed by atoms with E-state index in [-0.39, 0.29) is 12.5 Å². The SMILES string of the molecule is O=C(c1ccc(-n2cncn2)cc1)N1CCC(N(CCO)CCc2ccccc2)CC1. The van der Waals surface area contributed by atoms with Gasteiger partial charge in [-0.1, -0.05) is 30.3 Å². The Balaban J connectivity index is 1.31. The van der Waals surface area contributed by atoms with Gasteiger partial charge in [-0.25, -0.2) is 9.67 Å². The summed E-state index contributed by atoms with van der Waals surface area (Å²) >= 11 is 0. The van der Waals surface area contributed by atoms with E-state index >= 15 is 0 Å². The molecule has 2 aromatic carbocycles. The smallest absolute Gasteiger partial charge is 0.253 e. The summed E-state index contributed by atoms with van der Waals surface area (Å²) in [5.41, 5.74) is 2.89. The second kappa shape index (κ2) is 10.3. The van der Waals surface area contributed by atoms with Crippen LogP contribution >= 0.6 is 0 Å². The van der Waals surface area contributed by atoms with Gasteiger partial charge in [-0.15, -0.1) is 0 Å². The summed E-state index contributed by atoms with van der Waals surface area (Å²) in [4.78, 5) is 21.2. The van der Waals surface area contributed by atoms with Crippen molar-refractivity contribution in [1.82, 2.24) is 24.6 Å². The van der Waals surface area contributed by atoms with Gasteiger partial charge in [0, 0.05) is 37.8 Å². The van der Waals surface area contributed by atoms with Gasteiger partial charge in [0.2, 0.25) is 0 Å². The van der Waals surface area contributed by atoms with Gasteiger partial charge in [0.15, 0.2) is 0 Å². The Labute approximate surface area is 182 Å². The highest BCUT2D eigenvalue weighted by Crippen LogP contribution is 2.20. The van der Waals surface area contributed by atoms with E-state index in [0.717, 1.165) is 44.6 Å². The molecule has 1 aliphatic rings. The third-order valence-corrected chi connectivity index (χ3v) is 5.98. The van der Waals surface area contributed by atoms with E-state index in [1.54, 1.807) is 11.0 Å². The Morgan fingerprint density at radius 2 is 1.77 bits per heavy atom. The topological polar surface area (TPSA) is 74.5 Å². The maximum Gasteiger partial charge on any atom is 0.253 e. The van der Waals surface area contributed by atoms with Gasteiger partial charge in [-0.05, 0) is 49.1 Å². The third kappa shape index (κ3) is 5.37. The zero-order chi connectivity index (χ0) is 21.5. The van der Waals surface area contributed by atoms with Crippen LogP contribution < -0.4 is 0 Å². The molecule has 2 heterocycles. The van der Waals surface area contributed by atoms with Gasteiger partial charge in [0.25, 0.3) is 5.91 Å². The zero-order valence-electron chi connectivity index (χ0n) is 17.7. The predicted octanol–water partition coefficient (Wildman–Crippen LogP) is 2.41. The first kappa shape index (κ1) is 21.2. The van der Waals surface area contributed by atoms with Crippen LogP contribution in [0, 0.1) is 0 Å². The van der Waals surface area contributed by atoms with E-state index < -0.39 is 0 Å². The van der Waals surface area contributed by atoms with Crippen molar-refractivity contribution in [3.63, 3.8) is 0 Å². The molecule has 1 amide bonds. The number of amides is 1. The van der Waals surface area contributed by atoms with Crippen LogP contribution in [0.5, 0.6) is 0 Å². The van der Waals surface area contributed by atoms with Gasteiger partial charge in [0.1, 0.15) is 12.7 Å². The molecular formula is C24H29N5O2. The molecule has 7 nitrogen and oxygen atoms in total. The third-order valence-electron chi connectivity index (χ3n) is 5.98. The van der Waals surface area contributed by atoms with Crippen molar-refractivity contribution in [2.45, 2.75) is 25.3 Å². The second-order valence-corrected chi connectivity index (χ2v) is 7.91. The number of benzene rings is 2. The first-order valence-electron chi connectivity index (χ1n) is 10.9. The van der Waals surface area contributed by atoms with E-state index in [2.05, 4.69) is 39.2 Å². The molecule has 0 radical (unpaired) electrons. The number of aliphatic hydroxyl groups excluding tert-OH is 1. The molecule has 0 spiro atoms. The number of aliphatic hydroxyl groups is 1. The molecule has 31 heavy (non-hydrogen) atoms. The fourth-order valence-electron chi connectivity index (χ4n) is 4.24. The lowest BCUT2D eigenvalue weighted by Gasteiger charge is -2.38. The first-order valence-corrected chi connectivity index (χ1v) is 10.9. The largest absolute Gasteiger partial charge is 0.395 e. The van der Waals surface area contributed by atoms with Crippen molar-refractivity contribution in [2.24, 2.45) is 0 Å². The monoisotopic (exact) mass is 419 g/mol. The van der Waals surface area contributed by atoms with E-state index in [4.69, 9.17) is 0 Å². The Morgan fingerprint density at radius 3 is 2.42 bits per heavy atom. The number of aromatic nitrogens is 3. The summed E-state index contributed by atoms with van der Waals surface area (Å²) in [6, 6.07) is 18.3. The van der Waals surface area contributed by atoms with Crippen LogP contribution in [0.3, 0.4) is 0 Å². The zero-order valence-corrected chi connectivity index (χ0v) is 17.7. The van der Waals surface area contributed by atoms with E-state index in [0.29, 0.717) is 18.2 Å². The van der Waals surface area contributed by atoms with Gasteiger partial charge >= 0.3 is 0 Å². The van der Waals surface area contributed by atoms with Crippen LogP contribution in [0.25, 0.3) is 5.69 Å². The summed E-state index contributed by atoms with van der Waals surface area (Å²) in [6.07, 6.45) is 5.95. The Kier molecular flexibility index (Phi) is 7.07. The minimum absolute atomic E-state index is 0.0709. The fraction of sp³-hybridized carbons (Fsp3) is 0.375.